The molecule has 3 aromatic rings. The summed E-state index contributed by atoms with van der Waals surface area (Å²) in [6.45, 7) is 0.401. The van der Waals surface area contributed by atoms with E-state index in [1.54, 1.807) is 0 Å². The number of ketones is 1. The quantitative estimate of drug-likeness (QED) is 0.256. The zero-order chi connectivity index (χ0) is 22.1. The Balaban J connectivity index is 1.54. The van der Waals surface area contributed by atoms with E-state index < -0.39 is 11.7 Å². The second kappa shape index (κ2) is 11.2. The van der Waals surface area contributed by atoms with Gasteiger partial charge < -0.3 is 4.74 Å². The predicted molar refractivity (Wildman–Crippen MR) is 121 cm³/mol. The van der Waals surface area contributed by atoms with E-state index in [-0.39, 0.29) is 24.2 Å². The molecule has 0 heterocycles. The van der Waals surface area contributed by atoms with Crippen LogP contribution >= 0.6 is 15.9 Å². The van der Waals surface area contributed by atoms with E-state index in [1.807, 2.05) is 48.5 Å². The molecule has 0 spiro atoms. The van der Waals surface area contributed by atoms with Crippen LogP contribution in [0.3, 0.4) is 0 Å². The molecular weight excluding hydrogens is 463 g/mol. The highest BCUT2D eigenvalue weighted by molar-refractivity contribution is 9.10. The molecule has 7 heteroatoms. The summed E-state index contributed by atoms with van der Waals surface area (Å²) in [5.41, 5.74) is 4.36. The van der Waals surface area contributed by atoms with Gasteiger partial charge in [-0.3, -0.25) is 9.59 Å². The molecule has 0 bridgehead atoms. The first-order valence-electron chi connectivity index (χ1n) is 9.58. The van der Waals surface area contributed by atoms with Crippen LogP contribution in [-0.4, -0.2) is 17.9 Å². The van der Waals surface area contributed by atoms with Crippen LogP contribution in [0.1, 0.15) is 34.3 Å². The number of benzene rings is 3. The monoisotopic (exact) mass is 482 g/mol. The third kappa shape index (κ3) is 7.15. The number of hydrogen-bond acceptors (Lipinski definition) is 4. The molecule has 0 fully saturated rings. The zero-order valence-corrected chi connectivity index (χ0v) is 18.1. The normalized spacial score (nSPS) is 10.8. The van der Waals surface area contributed by atoms with Gasteiger partial charge in [-0.1, -0.05) is 58.4 Å². The number of ether oxygens (including phenoxy) is 1. The Morgan fingerprint density at radius 1 is 1.00 bits per heavy atom. The fourth-order valence-electron chi connectivity index (χ4n) is 2.75. The van der Waals surface area contributed by atoms with Gasteiger partial charge in [-0.2, -0.15) is 5.10 Å². The number of carbonyl (C=O) groups excluding carboxylic acids is 2. The number of carbonyl (C=O) groups is 2. The molecule has 1 N–H and O–H groups in total. The van der Waals surface area contributed by atoms with Crippen molar-refractivity contribution < 1.29 is 18.7 Å². The second-order valence-corrected chi connectivity index (χ2v) is 7.60. The maximum Gasteiger partial charge on any atom is 0.240 e. The summed E-state index contributed by atoms with van der Waals surface area (Å²) in [5, 5.41) is 3.97. The van der Waals surface area contributed by atoms with Gasteiger partial charge >= 0.3 is 0 Å². The highest BCUT2D eigenvalue weighted by Gasteiger charge is 2.10. The Hall–Kier alpha value is -3.32. The van der Waals surface area contributed by atoms with Gasteiger partial charge in [-0.05, 0) is 35.9 Å². The van der Waals surface area contributed by atoms with Gasteiger partial charge in [0.25, 0.3) is 0 Å². The Morgan fingerprint density at radius 2 is 1.81 bits per heavy atom. The number of hydrazone groups is 1. The third-order valence-electron chi connectivity index (χ3n) is 4.33. The van der Waals surface area contributed by atoms with Crippen LogP contribution in [0.25, 0.3) is 0 Å². The van der Waals surface area contributed by atoms with E-state index in [0.717, 1.165) is 16.1 Å². The molecule has 31 heavy (non-hydrogen) atoms. The summed E-state index contributed by atoms with van der Waals surface area (Å²) >= 11 is 3.41. The van der Waals surface area contributed by atoms with Gasteiger partial charge in [0, 0.05) is 28.4 Å². The summed E-state index contributed by atoms with van der Waals surface area (Å²) in [6, 6.07) is 20.7. The van der Waals surface area contributed by atoms with Crippen molar-refractivity contribution in [3.05, 3.63) is 99.8 Å². The second-order valence-electron chi connectivity index (χ2n) is 6.68. The van der Waals surface area contributed by atoms with Gasteiger partial charge in [-0.25, -0.2) is 9.82 Å². The maximum absolute atomic E-state index is 13.2. The van der Waals surface area contributed by atoms with E-state index >= 15 is 0 Å². The number of nitrogens with one attached hydrogen (secondary N) is 1. The molecular formula is C24H20BrFN2O3. The summed E-state index contributed by atoms with van der Waals surface area (Å²) in [4.78, 5) is 24.1. The fraction of sp³-hybridized carbons (Fsp3) is 0.125. The van der Waals surface area contributed by atoms with Crippen molar-refractivity contribution in [2.45, 2.75) is 19.4 Å². The number of Topliss-reactive ketones (excluding diaryl/α,β-unsaturated/α-hetero) is 1. The largest absolute Gasteiger partial charge is 0.488 e. The zero-order valence-electron chi connectivity index (χ0n) is 16.6. The van der Waals surface area contributed by atoms with Crippen molar-refractivity contribution in [1.29, 1.82) is 0 Å². The molecule has 3 aromatic carbocycles. The Morgan fingerprint density at radius 3 is 2.58 bits per heavy atom. The summed E-state index contributed by atoms with van der Waals surface area (Å²) in [7, 11) is 0. The van der Waals surface area contributed by atoms with Crippen LogP contribution in [0.5, 0.6) is 5.75 Å². The lowest BCUT2D eigenvalue weighted by atomic mass is 10.1. The number of amides is 1. The number of rotatable bonds is 9. The molecule has 0 aromatic heterocycles. The molecule has 5 nitrogen and oxygen atoms in total. The van der Waals surface area contributed by atoms with Gasteiger partial charge in [0.1, 0.15) is 18.2 Å². The van der Waals surface area contributed by atoms with Crippen molar-refractivity contribution in [1.82, 2.24) is 5.43 Å². The Kier molecular flexibility index (Phi) is 8.06. The van der Waals surface area contributed by atoms with Crippen molar-refractivity contribution >= 4 is 33.8 Å². The molecule has 0 saturated heterocycles. The topological polar surface area (TPSA) is 67.8 Å². The molecule has 1 amide bonds. The van der Waals surface area contributed by atoms with E-state index in [9.17, 15) is 14.0 Å². The standard InChI is InChI=1S/C24H20BrFN2O3/c25-20-9-11-23(31-16-17-5-2-1-3-6-17)19(13-20)15-27-28-24(30)12-10-22(29)18-7-4-8-21(26)14-18/h1-9,11,13-15H,10,12,16H2,(H,28,30)/b27-15+. The lowest BCUT2D eigenvalue weighted by Gasteiger charge is -2.09. The summed E-state index contributed by atoms with van der Waals surface area (Å²) in [6.07, 6.45) is 1.40. The third-order valence-corrected chi connectivity index (χ3v) is 4.82. The highest BCUT2D eigenvalue weighted by atomic mass is 79.9. The first-order valence-corrected chi connectivity index (χ1v) is 10.4. The maximum atomic E-state index is 13.2. The molecule has 0 aliphatic heterocycles. The number of nitrogens with zero attached hydrogens (tertiary/aromatic N) is 1. The van der Waals surface area contributed by atoms with Crippen LogP contribution in [0.4, 0.5) is 4.39 Å². The lowest BCUT2D eigenvalue weighted by Crippen LogP contribution is -2.18. The summed E-state index contributed by atoms with van der Waals surface area (Å²) < 4.78 is 19.9. The number of hydrogen-bond donors (Lipinski definition) is 1. The van der Waals surface area contributed by atoms with Crippen LogP contribution in [-0.2, 0) is 11.4 Å². The number of halogens is 2. The van der Waals surface area contributed by atoms with Gasteiger partial charge in [0.2, 0.25) is 5.91 Å². The van der Waals surface area contributed by atoms with E-state index in [0.29, 0.717) is 17.9 Å². The molecule has 158 valence electrons. The molecule has 3 rings (SSSR count). The van der Waals surface area contributed by atoms with E-state index in [1.165, 1.54) is 24.4 Å². The van der Waals surface area contributed by atoms with Crippen LogP contribution < -0.4 is 10.2 Å². The predicted octanol–water partition coefficient (Wildman–Crippen LogP) is 5.28. The average Bonchev–Trinajstić information content (AvgIpc) is 2.77. The van der Waals surface area contributed by atoms with Crippen molar-refractivity contribution in [2.24, 2.45) is 5.10 Å². The highest BCUT2D eigenvalue weighted by Crippen LogP contribution is 2.22. The molecule has 0 aliphatic carbocycles. The van der Waals surface area contributed by atoms with Crippen LogP contribution in [0, 0.1) is 5.82 Å². The first-order chi connectivity index (χ1) is 15.0. The minimum absolute atomic E-state index is 0.0346. The van der Waals surface area contributed by atoms with Crippen molar-refractivity contribution in [2.75, 3.05) is 0 Å². The first kappa shape index (κ1) is 22.4. The SMILES string of the molecule is O=C(CCC(=O)c1cccc(F)c1)N/N=C/c1cc(Br)ccc1OCc1ccccc1. The van der Waals surface area contributed by atoms with E-state index in [4.69, 9.17) is 4.74 Å². The average molecular weight is 483 g/mol. The minimum Gasteiger partial charge on any atom is -0.488 e. The Labute approximate surface area is 188 Å². The fourth-order valence-corrected chi connectivity index (χ4v) is 3.13. The van der Waals surface area contributed by atoms with E-state index in [2.05, 4.69) is 26.5 Å². The van der Waals surface area contributed by atoms with Crippen molar-refractivity contribution in [3.8, 4) is 5.75 Å². The molecule has 0 radical (unpaired) electrons. The smallest absolute Gasteiger partial charge is 0.240 e. The van der Waals surface area contributed by atoms with Gasteiger partial charge in [0.05, 0.1) is 6.21 Å². The van der Waals surface area contributed by atoms with Crippen LogP contribution in [0.15, 0.2) is 82.4 Å². The van der Waals surface area contributed by atoms with Crippen LogP contribution in [0.2, 0.25) is 0 Å². The van der Waals surface area contributed by atoms with Crippen molar-refractivity contribution in [3.63, 3.8) is 0 Å². The molecule has 0 aliphatic rings. The molecule has 0 unspecified atom stereocenters. The minimum atomic E-state index is -0.487. The molecule has 0 saturated carbocycles. The lowest BCUT2D eigenvalue weighted by molar-refractivity contribution is -0.121. The van der Waals surface area contributed by atoms with Gasteiger partial charge in [-0.15, -0.1) is 0 Å². The summed E-state index contributed by atoms with van der Waals surface area (Å²) in [5.74, 6) is -0.587. The Bertz CT molecular complexity index is 1090. The van der Waals surface area contributed by atoms with Gasteiger partial charge in [0.15, 0.2) is 5.78 Å². The molecule has 0 atom stereocenters.